The Morgan fingerprint density at radius 1 is 1.17 bits per heavy atom. The van der Waals surface area contributed by atoms with Gasteiger partial charge < -0.3 is 19.7 Å². The maximum Gasteiger partial charge on any atom is 0.338 e. The lowest BCUT2D eigenvalue weighted by molar-refractivity contribution is -0.0536. The summed E-state index contributed by atoms with van der Waals surface area (Å²) in [5.74, 6) is 0.646. The summed E-state index contributed by atoms with van der Waals surface area (Å²) in [6, 6.07) is 6.78. The molecule has 0 saturated carbocycles. The minimum atomic E-state index is -1.08. The number of methoxy groups -OCH3 is 1. The van der Waals surface area contributed by atoms with Crippen molar-refractivity contribution in [3.05, 3.63) is 29.8 Å². The van der Waals surface area contributed by atoms with E-state index < -0.39 is 11.7 Å². The molecule has 0 fully saturated rings. The summed E-state index contributed by atoms with van der Waals surface area (Å²) in [6.07, 6.45) is 1.27. The summed E-state index contributed by atoms with van der Waals surface area (Å²) in [4.78, 5) is 11.9. The van der Waals surface area contributed by atoms with E-state index in [9.17, 15) is 15.0 Å². The van der Waals surface area contributed by atoms with Crippen molar-refractivity contribution in [1.29, 1.82) is 0 Å². The van der Waals surface area contributed by atoms with Crippen molar-refractivity contribution in [2.75, 3.05) is 13.7 Å². The van der Waals surface area contributed by atoms with Crippen molar-refractivity contribution >= 4 is 5.97 Å². The molecule has 0 aromatic heterocycles. The molecule has 0 amide bonds. The standard InChI is InChI=1S/C18H28O5/c1-13(5-10-16(19)18(2,3)21)11-12-23-17(20)14-6-8-15(22-4)9-7-14/h6-9,13,16,19,21H,5,10-12H2,1-4H3/t13-,16?/m0/s1. The molecule has 0 aliphatic heterocycles. The molecular weight excluding hydrogens is 296 g/mol. The second-order valence-corrected chi connectivity index (χ2v) is 6.51. The SMILES string of the molecule is COc1ccc(C(=O)OCC[C@@H](C)CCC(O)C(C)(C)O)cc1. The molecule has 1 rings (SSSR count). The van der Waals surface area contributed by atoms with Crippen molar-refractivity contribution in [2.45, 2.75) is 51.7 Å². The lowest BCUT2D eigenvalue weighted by Gasteiger charge is -2.25. The maximum absolute atomic E-state index is 11.9. The molecule has 0 spiro atoms. The molecule has 0 aliphatic carbocycles. The fourth-order valence-corrected chi connectivity index (χ4v) is 2.10. The Labute approximate surface area is 138 Å². The molecule has 0 heterocycles. The van der Waals surface area contributed by atoms with Crippen molar-refractivity contribution < 1.29 is 24.5 Å². The Morgan fingerprint density at radius 3 is 2.30 bits per heavy atom. The van der Waals surface area contributed by atoms with Gasteiger partial charge in [0.15, 0.2) is 0 Å². The van der Waals surface area contributed by atoms with Crippen molar-refractivity contribution in [3.8, 4) is 5.75 Å². The van der Waals surface area contributed by atoms with E-state index in [1.54, 1.807) is 45.2 Å². The summed E-state index contributed by atoms with van der Waals surface area (Å²) < 4.78 is 10.3. The van der Waals surface area contributed by atoms with Gasteiger partial charge in [-0.2, -0.15) is 0 Å². The van der Waals surface area contributed by atoms with Crippen LogP contribution in [0.15, 0.2) is 24.3 Å². The molecule has 23 heavy (non-hydrogen) atoms. The molecule has 2 atom stereocenters. The van der Waals surface area contributed by atoms with E-state index in [1.165, 1.54) is 0 Å². The van der Waals surface area contributed by atoms with Crippen LogP contribution in [0.1, 0.15) is 50.4 Å². The molecule has 0 bridgehead atoms. The predicted molar refractivity (Wildman–Crippen MR) is 88.6 cm³/mol. The lowest BCUT2D eigenvalue weighted by atomic mass is 9.93. The van der Waals surface area contributed by atoms with Crippen LogP contribution in [0.5, 0.6) is 5.75 Å². The summed E-state index contributed by atoms with van der Waals surface area (Å²) in [6.45, 7) is 5.57. The van der Waals surface area contributed by atoms with Crippen LogP contribution in [0.3, 0.4) is 0 Å². The Hall–Kier alpha value is -1.59. The summed E-state index contributed by atoms with van der Waals surface area (Å²) in [5, 5.41) is 19.5. The largest absolute Gasteiger partial charge is 0.497 e. The third-order valence-electron chi connectivity index (χ3n) is 3.92. The molecule has 5 nitrogen and oxygen atoms in total. The smallest absolute Gasteiger partial charge is 0.338 e. The van der Waals surface area contributed by atoms with E-state index in [1.807, 2.05) is 6.92 Å². The minimum Gasteiger partial charge on any atom is -0.497 e. The van der Waals surface area contributed by atoms with Gasteiger partial charge in [0.2, 0.25) is 0 Å². The monoisotopic (exact) mass is 324 g/mol. The molecule has 1 aromatic rings. The number of aliphatic hydroxyl groups excluding tert-OH is 1. The molecule has 0 saturated heterocycles. The Bertz CT molecular complexity index is 475. The highest BCUT2D eigenvalue weighted by Gasteiger charge is 2.24. The van der Waals surface area contributed by atoms with Gasteiger partial charge in [-0.15, -0.1) is 0 Å². The minimum absolute atomic E-state index is 0.302. The molecule has 5 heteroatoms. The van der Waals surface area contributed by atoms with Gasteiger partial charge in [-0.1, -0.05) is 6.92 Å². The van der Waals surface area contributed by atoms with Crippen LogP contribution in [0.2, 0.25) is 0 Å². The van der Waals surface area contributed by atoms with Gasteiger partial charge >= 0.3 is 5.97 Å². The van der Waals surface area contributed by atoms with Crippen LogP contribution < -0.4 is 4.74 Å². The molecule has 0 aliphatic rings. The lowest BCUT2D eigenvalue weighted by Crippen LogP contribution is -2.36. The molecule has 0 radical (unpaired) electrons. The summed E-state index contributed by atoms with van der Waals surface area (Å²) in [5.41, 5.74) is -0.587. The summed E-state index contributed by atoms with van der Waals surface area (Å²) in [7, 11) is 1.57. The van der Waals surface area contributed by atoms with Crippen LogP contribution in [0, 0.1) is 5.92 Å². The molecule has 1 unspecified atom stereocenters. The summed E-state index contributed by atoms with van der Waals surface area (Å²) >= 11 is 0. The Morgan fingerprint density at radius 2 is 1.78 bits per heavy atom. The van der Waals surface area contributed by atoms with Crippen LogP contribution in [0.25, 0.3) is 0 Å². The first-order valence-electron chi connectivity index (χ1n) is 7.95. The first-order valence-corrected chi connectivity index (χ1v) is 7.95. The molecule has 1 aromatic carbocycles. The zero-order valence-electron chi connectivity index (χ0n) is 14.4. The predicted octanol–water partition coefficient (Wildman–Crippen LogP) is 2.79. The Balaban J connectivity index is 2.28. The second kappa shape index (κ2) is 8.89. The number of hydrogen-bond acceptors (Lipinski definition) is 5. The van der Waals surface area contributed by atoms with E-state index in [0.717, 1.165) is 12.8 Å². The van der Waals surface area contributed by atoms with Gasteiger partial charge in [-0.25, -0.2) is 4.79 Å². The van der Waals surface area contributed by atoms with Gasteiger partial charge in [-0.05, 0) is 63.3 Å². The number of carbonyl (C=O) groups excluding carboxylic acids is 1. The highest BCUT2D eigenvalue weighted by Crippen LogP contribution is 2.19. The van der Waals surface area contributed by atoms with Crippen LogP contribution >= 0.6 is 0 Å². The van der Waals surface area contributed by atoms with E-state index >= 15 is 0 Å². The quantitative estimate of drug-likeness (QED) is 0.683. The van der Waals surface area contributed by atoms with Crippen LogP contribution in [-0.2, 0) is 4.74 Å². The van der Waals surface area contributed by atoms with Gasteiger partial charge in [0, 0.05) is 0 Å². The first-order chi connectivity index (χ1) is 10.7. The van der Waals surface area contributed by atoms with Crippen LogP contribution in [-0.4, -0.2) is 41.6 Å². The second-order valence-electron chi connectivity index (χ2n) is 6.51. The van der Waals surface area contributed by atoms with Crippen LogP contribution in [0.4, 0.5) is 0 Å². The highest BCUT2D eigenvalue weighted by atomic mass is 16.5. The zero-order chi connectivity index (χ0) is 17.5. The van der Waals surface area contributed by atoms with E-state index in [2.05, 4.69) is 0 Å². The molecule has 2 N–H and O–H groups in total. The number of carbonyl (C=O) groups is 1. The fraction of sp³-hybridized carbons (Fsp3) is 0.611. The number of ether oxygens (including phenoxy) is 2. The van der Waals surface area contributed by atoms with Crippen molar-refractivity contribution in [1.82, 2.24) is 0 Å². The van der Waals surface area contributed by atoms with E-state index in [0.29, 0.717) is 30.3 Å². The van der Waals surface area contributed by atoms with E-state index in [4.69, 9.17) is 9.47 Å². The topological polar surface area (TPSA) is 76.0 Å². The number of hydrogen-bond donors (Lipinski definition) is 2. The third kappa shape index (κ3) is 7.01. The first kappa shape index (κ1) is 19.5. The van der Waals surface area contributed by atoms with E-state index in [-0.39, 0.29) is 5.97 Å². The van der Waals surface area contributed by atoms with Gasteiger partial charge in [-0.3, -0.25) is 0 Å². The number of benzene rings is 1. The number of aliphatic hydroxyl groups is 2. The zero-order valence-corrected chi connectivity index (χ0v) is 14.4. The fourth-order valence-electron chi connectivity index (χ4n) is 2.10. The number of esters is 1. The van der Waals surface area contributed by atoms with Gasteiger partial charge in [0.25, 0.3) is 0 Å². The Kier molecular flexibility index (Phi) is 7.52. The third-order valence-corrected chi connectivity index (χ3v) is 3.92. The normalized spacial score (nSPS) is 14.2. The molecule has 130 valence electrons. The molecular formula is C18H28O5. The maximum atomic E-state index is 11.9. The van der Waals surface area contributed by atoms with Gasteiger partial charge in [0.1, 0.15) is 5.75 Å². The van der Waals surface area contributed by atoms with Crippen molar-refractivity contribution in [3.63, 3.8) is 0 Å². The van der Waals surface area contributed by atoms with Gasteiger partial charge in [0.05, 0.1) is 31.0 Å². The average Bonchev–Trinajstić information content (AvgIpc) is 2.51. The highest BCUT2D eigenvalue weighted by molar-refractivity contribution is 5.89. The average molecular weight is 324 g/mol. The number of rotatable bonds is 9. The van der Waals surface area contributed by atoms with Crippen molar-refractivity contribution in [2.24, 2.45) is 5.92 Å².